The highest BCUT2D eigenvalue weighted by molar-refractivity contribution is 6.00. The van der Waals surface area contributed by atoms with Crippen molar-refractivity contribution in [1.82, 2.24) is 9.13 Å². The van der Waals surface area contributed by atoms with Crippen LogP contribution in [0.2, 0.25) is 0 Å². The molecule has 0 amide bonds. The molecule has 2 aromatic rings. The van der Waals surface area contributed by atoms with Crippen molar-refractivity contribution < 1.29 is 9.59 Å². The smallest absolute Gasteiger partial charge is 0.280 e. The molecule has 0 spiro atoms. The lowest BCUT2D eigenvalue weighted by Gasteiger charge is -2.18. The van der Waals surface area contributed by atoms with Crippen LogP contribution in [0.15, 0.2) is 35.6 Å². The second-order valence-electron chi connectivity index (χ2n) is 6.94. The number of carbonyl (C=O) groups is 2. The Morgan fingerprint density at radius 1 is 1.16 bits per heavy atom. The van der Waals surface area contributed by atoms with E-state index in [0.717, 1.165) is 18.4 Å². The number of hydrogen-bond acceptors (Lipinski definition) is 3. The van der Waals surface area contributed by atoms with Crippen molar-refractivity contribution in [2.24, 2.45) is 12.0 Å². The summed E-state index contributed by atoms with van der Waals surface area (Å²) in [6, 6.07) is 5.81. The average molecular weight is 339 g/mol. The zero-order valence-electron chi connectivity index (χ0n) is 15.2. The van der Waals surface area contributed by atoms with Crippen LogP contribution >= 0.6 is 0 Å². The Labute approximate surface area is 148 Å². The lowest BCUT2D eigenvalue weighted by Crippen LogP contribution is -2.30. The molecule has 0 N–H and O–H groups in total. The number of hydrogen-bond donors (Lipinski definition) is 0. The van der Waals surface area contributed by atoms with Crippen molar-refractivity contribution in [2.45, 2.75) is 52.0 Å². The van der Waals surface area contributed by atoms with Gasteiger partial charge < -0.3 is 4.57 Å². The maximum absolute atomic E-state index is 13.0. The van der Waals surface area contributed by atoms with Gasteiger partial charge in [-0.2, -0.15) is 0 Å². The number of aryl methyl sites for hydroxylation is 2. The summed E-state index contributed by atoms with van der Waals surface area (Å²) in [5, 5.41) is 0. The Bertz CT molecular complexity index is 867. The Balaban J connectivity index is 2.03. The van der Waals surface area contributed by atoms with Crippen LogP contribution in [0.25, 0.3) is 0 Å². The number of aromatic nitrogens is 2. The molecule has 0 radical (unpaired) electrons. The van der Waals surface area contributed by atoms with Crippen molar-refractivity contribution in [3.05, 3.63) is 52.9 Å². The zero-order valence-corrected chi connectivity index (χ0v) is 15.2. The first-order chi connectivity index (χ1) is 12.0. The lowest BCUT2D eigenvalue weighted by atomic mass is 9.96. The molecule has 1 aliphatic carbocycles. The molecule has 0 bridgehead atoms. The van der Waals surface area contributed by atoms with Crippen LogP contribution in [-0.2, 0) is 7.05 Å². The average Bonchev–Trinajstić information content (AvgIpc) is 2.97. The largest absolute Gasteiger partial charge is 0.346 e. The summed E-state index contributed by atoms with van der Waals surface area (Å²) in [4.78, 5) is 29.5. The van der Waals surface area contributed by atoms with E-state index >= 15 is 0 Å². The molecule has 1 saturated carbocycles. The fourth-order valence-corrected chi connectivity index (χ4v) is 3.35. The van der Waals surface area contributed by atoms with Crippen molar-refractivity contribution in [3.63, 3.8) is 0 Å². The van der Waals surface area contributed by atoms with E-state index in [9.17, 15) is 9.59 Å². The Morgan fingerprint density at radius 3 is 2.52 bits per heavy atom. The molecule has 0 unspecified atom stereocenters. The summed E-state index contributed by atoms with van der Waals surface area (Å²) in [6.45, 7) is 3.51. The SMILES string of the molecule is CC(=O)c1cc(C(=O)n2ccc(C)cc2=NC2CCCCC2)n(C)c1. The third-order valence-electron chi connectivity index (χ3n) is 4.83. The van der Waals surface area contributed by atoms with Gasteiger partial charge in [0.2, 0.25) is 0 Å². The van der Waals surface area contributed by atoms with E-state index in [-0.39, 0.29) is 17.7 Å². The molecule has 0 aliphatic heterocycles. The second kappa shape index (κ2) is 7.21. The van der Waals surface area contributed by atoms with E-state index in [4.69, 9.17) is 4.99 Å². The van der Waals surface area contributed by atoms with Crippen molar-refractivity contribution >= 4 is 11.7 Å². The standard InChI is InChI=1S/C20H25N3O2/c1-14-9-10-23(19(11-14)21-17-7-5-4-6-8-17)20(25)18-12-16(15(2)24)13-22(18)3/h9-13,17H,4-8H2,1-3H3. The first-order valence-corrected chi connectivity index (χ1v) is 8.91. The van der Waals surface area contributed by atoms with Crippen LogP contribution < -0.4 is 5.49 Å². The molecular formula is C20H25N3O2. The predicted octanol–water partition coefficient (Wildman–Crippen LogP) is 3.26. The van der Waals surface area contributed by atoms with Crippen molar-refractivity contribution in [1.29, 1.82) is 0 Å². The number of nitrogens with zero attached hydrogens (tertiary/aromatic N) is 3. The molecule has 132 valence electrons. The third kappa shape index (κ3) is 3.81. The summed E-state index contributed by atoms with van der Waals surface area (Å²) in [7, 11) is 1.78. The van der Waals surface area contributed by atoms with E-state index in [2.05, 4.69) is 0 Å². The second-order valence-corrected chi connectivity index (χ2v) is 6.94. The molecule has 0 saturated heterocycles. The minimum absolute atomic E-state index is 0.0457. The molecule has 0 atom stereocenters. The van der Waals surface area contributed by atoms with Gasteiger partial charge in [0.15, 0.2) is 5.78 Å². The van der Waals surface area contributed by atoms with E-state index < -0.39 is 0 Å². The van der Waals surface area contributed by atoms with Gasteiger partial charge in [-0.1, -0.05) is 19.3 Å². The first kappa shape index (κ1) is 17.4. The molecule has 25 heavy (non-hydrogen) atoms. The van der Waals surface area contributed by atoms with Crippen LogP contribution in [0.4, 0.5) is 0 Å². The van der Waals surface area contributed by atoms with E-state index in [1.807, 2.05) is 19.1 Å². The molecule has 2 heterocycles. The predicted molar refractivity (Wildman–Crippen MR) is 96.8 cm³/mol. The quantitative estimate of drug-likeness (QED) is 0.806. The Morgan fingerprint density at radius 2 is 1.88 bits per heavy atom. The fourth-order valence-electron chi connectivity index (χ4n) is 3.35. The summed E-state index contributed by atoms with van der Waals surface area (Å²) in [6.07, 6.45) is 9.32. The number of pyridine rings is 1. The number of carbonyl (C=O) groups excluding carboxylic acids is 2. The first-order valence-electron chi connectivity index (χ1n) is 8.91. The van der Waals surface area contributed by atoms with Gasteiger partial charge in [-0.05, 0) is 50.5 Å². The topological polar surface area (TPSA) is 56.4 Å². The van der Waals surface area contributed by atoms with Crippen LogP contribution in [0, 0.1) is 6.92 Å². The van der Waals surface area contributed by atoms with Gasteiger partial charge in [0.05, 0.1) is 6.04 Å². The zero-order chi connectivity index (χ0) is 18.0. The highest BCUT2D eigenvalue weighted by Crippen LogP contribution is 2.19. The summed E-state index contributed by atoms with van der Waals surface area (Å²) in [5.74, 6) is -0.208. The normalized spacial score (nSPS) is 16.2. The molecule has 2 aromatic heterocycles. The highest BCUT2D eigenvalue weighted by Gasteiger charge is 2.17. The van der Waals surface area contributed by atoms with Gasteiger partial charge in [0.25, 0.3) is 5.91 Å². The Kier molecular flexibility index (Phi) is 5.02. The van der Waals surface area contributed by atoms with Crippen LogP contribution in [0.3, 0.4) is 0 Å². The van der Waals surface area contributed by atoms with Crippen LogP contribution in [0.1, 0.15) is 65.4 Å². The number of rotatable bonds is 3. The van der Waals surface area contributed by atoms with Gasteiger partial charge in [0, 0.05) is 25.0 Å². The van der Waals surface area contributed by atoms with E-state index in [1.54, 1.807) is 34.6 Å². The summed E-state index contributed by atoms with van der Waals surface area (Å²) in [5.41, 5.74) is 2.81. The maximum atomic E-state index is 13.0. The molecule has 3 rings (SSSR count). The van der Waals surface area contributed by atoms with Gasteiger partial charge >= 0.3 is 0 Å². The minimum atomic E-state index is -0.162. The Hall–Kier alpha value is -2.43. The monoisotopic (exact) mass is 339 g/mol. The van der Waals surface area contributed by atoms with E-state index in [1.165, 1.54) is 26.2 Å². The van der Waals surface area contributed by atoms with Crippen LogP contribution in [0.5, 0.6) is 0 Å². The minimum Gasteiger partial charge on any atom is -0.346 e. The van der Waals surface area contributed by atoms with Gasteiger partial charge in [-0.25, -0.2) is 0 Å². The van der Waals surface area contributed by atoms with Crippen molar-refractivity contribution in [2.75, 3.05) is 0 Å². The molecular weight excluding hydrogens is 314 g/mol. The molecule has 5 heteroatoms. The van der Waals surface area contributed by atoms with E-state index in [0.29, 0.717) is 16.7 Å². The molecule has 1 aliphatic rings. The van der Waals surface area contributed by atoms with Crippen molar-refractivity contribution in [3.8, 4) is 0 Å². The number of ketones is 1. The molecule has 1 fully saturated rings. The summed E-state index contributed by atoms with van der Waals surface area (Å²) < 4.78 is 3.30. The lowest BCUT2D eigenvalue weighted by molar-refractivity contribution is 0.0946. The highest BCUT2D eigenvalue weighted by atomic mass is 16.2. The summed E-state index contributed by atoms with van der Waals surface area (Å²) >= 11 is 0. The molecule has 0 aromatic carbocycles. The number of Topliss-reactive ketones (excluding diaryl/α,β-unsaturated/α-hetero) is 1. The third-order valence-corrected chi connectivity index (χ3v) is 4.83. The maximum Gasteiger partial charge on any atom is 0.280 e. The fraction of sp³-hybridized carbons (Fsp3) is 0.450. The van der Waals surface area contributed by atoms with Gasteiger partial charge in [-0.3, -0.25) is 19.1 Å². The van der Waals surface area contributed by atoms with Gasteiger partial charge in [-0.15, -0.1) is 0 Å². The van der Waals surface area contributed by atoms with Gasteiger partial charge in [0.1, 0.15) is 11.2 Å². The van der Waals surface area contributed by atoms with Crippen LogP contribution in [-0.4, -0.2) is 26.9 Å². The molecule has 5 nitrogen and oxygen atoms in total.